The predicted octanol–water partition coefficient (Wildman–Crippen LogP) is 7.20. The predicted molar refractivity (Wildman–Crippen MR) is 185 cm³/mol. The van der Waals surface area contributed by atoms with Gasteiger partial charge < -0.3 is 9.47 Å². The van der Waals surface area contributed by atoms with E-state index in [1.54, 1.807) is 14.2 Å². The topological polar surface area (TPSA) is 72.9 Å². The normalized spacial score (nSPS) is 24.3. The third-order valence-electron chi connectivity index (χ3n) is 10.5. The van der Waals surface area contributed by atoms with Crippen LogP contribution in [-0.4, -0.2) is 31.8 Å². The number of allylic oxidation sites excluding steroid dienone is 2. The summed E-state index contributed by atoms with van der Waals surface area (Å²) in [5, 5.41) is 0. The summed E-state index contributed by atoms with van der Waals surface area (Å²) in [4.78, 5) is 47.5. The van der Waals surface area contributed by atoms with Crippen LogP contribution in [0.15, 0.2) is 133 Å². The fourth-order valence-electron chi connectivity index (χ4n) is 8.59. The fraction of sp³-hybridized carbons (Fsp3) is 0.167. The molecule has 3 aliphatic rings. The molecule has 0 N–H and O–H groups in total. The smallest absolute Gasteiger partial charge is 0.239 e. The van der Waals surface area contributed by atoms with Crippen molar-refractivity contribution in [3.63, 3.8) is 0 Å². The lowest BCUT2D eigenvalue weighted by Crippen LogP contribution is -2.45. The number of methoxy groups -OCH3 is 2. The summed E-state index contributed by atoms with van der Waals surface area (Å²) in [5.41, 5.74) is 2.95. The van der Waals surface area contributed by atoms with Crippen LogP contribution in [0.2, 0.25) is 0 Å². The van der Waals surface area contributed by atoms with Crippen LogP contribution < -0.4 is 14.4 Å². The van der Waals surface area contributed by atoms with Crippen LogP contribution in [0.25, 0.3) is 11.1 Å². The third-order valence-corrected chi connectivity index (χ3v) is 10.5. The molecule has 2 amide bonds. The van der Waals surface area contributed by atoms with Crippen LogP contribution >= 0.6 is 0 Å². The maximum atomic E-state index is 16.0. The van der Waals surface area contributed by atoms with Crippen molar-refractivity contribution in [3.8, 4) is 11.5 Å². The van der Waals surface area contributed by atoms with E-state index in [0.29, 0.717) is 28.3 Å². The minimum atomic E-state index is -1.47. The monoisotopic (exact) mass is 631 g/mol. The highest BCUT2D eigenvalue weighted by molar-refractivity contribution is 6.39. The fourth-order valence-corrected chi connectivity index (χ4v) is 8.59. The van der Waals surface area contributed by atoms with Gasteiger partial charge in [-0.25, -0.2) is 4.90 Å². The number of benzene rings is 5. The minimum absolute atomic E-state index is 0.163. The Kier molecular flexibility index (Phi) is 6.74. The van der Waals surface area contributed by atoms with Crippen LogP contribution in [0.3, 0.4) is 0 Å². The molecule has 1 saturated carbocycles. The van der Waals surface area contributed by atoms with Crippen molar-refractivity contribution >= 4 is 34.4 Å². The second-order valence-electron chi connectivity index (χ2n) is 12.7. The number of anilines is 1. The van der Waals surface area contributed by atoms with Gasteiger partial charge in [-0.15, -0.1) is 0 Å². The highest BCUT2D eigenvalue weighted by Crippen LogP contribution is 2.74. The lowest BCUT2D eigenvalue weighted by Gasteiger charge is -2.39. The van der Waals surface area contributed by atoms with Gasteiger partial charge in [0.15, 0.2) is 5.78 Å². The number of carbonyl (C=O) groups excluding carboxylic acids is 3. The Balaban J connectivity index is 1.54. The van der Waals surface area contributed by atoms with E-state index >= 15 is 14.4 Å². The molecule has 2 aliphatic carbocycles. The van der Waals surface area contributed by atoms with E-state index in [0.717, 1.165) is 27.8 Å². The molecule has 5 aromatic carbocycles. The zero-order valence-corrected chi connectivity index (χ0v) is 26.8. The van der Waals surface area contributed by atoms with Gasteiger partial charge in [0, 0.05) is 0 Å². The molecule has 48 heavy (non-hydrogen) atoms. The maximum absolute atomic E-state index is 16.0. The molecule has 4 atom stereocenters. The van der Waals surface area contributed by atoms with Gasteiger partial charge in [-0.1, -0.05) is 103 Å². The Labute approximate surface area is 279 Å². The van der Waals surface area contributed by atoms with E-state index in [2.05, 4.69) is 0 Å². The molecule has 5 aromatic rings. The number of nitrogens with zero attached hydrogens (tertiary/aromatic N) is 1. The van der Waals surface area contributed by atoms with E-state index in [1.165, 1.54) is 4.90 Å². The van der Waals surface area contributed by atoms with Gasteiger partial charge in [0.25, 0.3) is 0 Å². The summed E-state index contributed by atoms with van der Waals surface area (Å²) in [6.07, 6.45) is 0. The number of amides is 2. The Hall–Kier alpha value is -5.75. The summed E-state index contributed by atoms with van der Waals surface area (Å²) in [6.45, 7) is 1.96. The van der Waals surface area contributed by atoms with E-state index in [-0.39, 0.29) is 17.6 Å². The number of ether oxygens (including phenoxy) is 2. The largest absolute Gasteiger partial charge is 0.497 e. The third kappa shape index (κ3) is 3.77. The summed E-state index contributed by atoms with van der Waals surface area (Å²) < 4.78 is 11.0. The number of fused-ring (bicyclic) bond motifs is 5. The standard InChI is InChI=1S/C42H33NO5/c1-26-14-20-31(21-15-26)43-38(44)36-37(39(43)45)42(30-12-8-5-9-13-30)35(28-18-24-33(48-3)25-19-28)34(27-16-22-32(47-2)23-17-27)41(36,40(42)46)29-10-6-4-7-11-29/h4-25,36-37H,1-3H3/t36-,37+,41-,42+. The summed E-state index contributed by atoms with van der Waals surface area (Å²) in [5.74, 6) is -1.54. The number of carbonyl (C=O) groups is 3. The Morgan fingerprint density at radius 2 is 0.917 bits per heavy atom. The molecule has 0 aromatic heterocycles. The molecule has 8 rings (SSSR count). The highest BCUT2D eigenvalue weighted by Gasteiger charge is 2.82. The van der Waals surface area contributed by atoms with E-state index in [4.69, 9.17) is 9.47 Å². The SMILES string of the molecule is COc1ccc(C2=C(c3ccc(OC)cc3)[C@@]3(c4ccccc4)C(=O)[C@]2(c2ccccc2)[C@@H]2C(=O)N(c4ccc(C)cc4)C(=O)[C@@H]23)cc1. The van der Waals surface area contributed by atoms with Gasteiger partial charge in [0.05, 0.1) is 42.6 Å². The van der Waals surface area contributed by atoms with Gasteiger partial charge in [-0.3, -0.25) is 14.4 Å². The average Bonchev–Trinajstić information content (AvgIpc) is 3.65. The first-order valence-electron chi connectivity index (χ1n) is 16.0. The minimum Gasteiger partial charge on any atom is -0.497 e. The number of imide groups is 1. The molecule has 2 fully saturated rings. The average molecular weight is 632 g/mol. The van der Waals surface area contributed by atoms with Crippen molar-refractivity contribution in [1.29, 1.82) is 0 Å². The van der Waals surface area contributed by atoms with Crippen LogP contribution in [0.5, 0.6) is 11.5 Å². The van der Waals surface area contributed by atoms with Gasteiger partial charge >= 0.3 is 0 Å². The molecule has 1 aliphatic heterocycles. The molecule has 2 bridgehead atoms. The number of hydrogen-bond donors (Lipinski definition) is 0. The lowest BCUT2D eigenvalue weighted by molar-refractivity contribution is -0.130. The zero-order chi connectivity index (χ0) is 33.2. The van der Waals surface area contributed by atoms with E-state index in [9.17, 15) is 0 Å². The molecule has 6 heteroatoms. The van der Waals surface area contributed by atoms with Gasteiger partial charge in [0.2, 0.25) is 11.8 Å². The quantitative estimate of drug-likeness (QED) is 0.178. The lowest BCUT2D eigenvalue weighted by atomic mass is 9.59. The molecule has 236 valence electrons. The van der Waals surface area contributed by atoms with Gasteiger partial charge in [-0.05, 0) is 76.7 Å². The van der Waals surface area contributed by atoms with Crippen molar-refractivity contribution in [1.82, 2.24) is 0 Å². The Morgan fingerprint density at radius 1 is 0.521 bits per heavy atom. The first-order valence-corrected chi connectivity index (χ1v) is 16.0. The maximum Gasteiger partial charge on any atom is 0.239 e. The van der Waals surface area contributed by atoms with Gasteiger partial charge in [-0.2, -0.15) is 0 Å². The molecule has 0 radical (unpaired) electrons. The highest BCUT2D eigenvalue weighted by atomic mass is 16.5. The van der Waals surface area contributed by atoms with Crippen molar-refractivity contribution in [3.05, 3.63) is 161 Å². The Bertz CT molecular complexity index is 1970. The summed E-state index contributed by atoms with van der Waals surface area (Å²) >= 11 is 0. The Morgan fingerprint density at radius 3 is 1.29 bits per heavy atom. The number of rotatable bonds is 7. The number of hydrogen-bond acceptors (Lipinski definition) is 5. The zero-order valence-electron chi connectivity index (χ0n) is 26.8. The number of aryl methyl sites for hydroxylation is 1. The molecule has 1 heterocycles. The second-order valence-corrected chi connectivity index (χ2v) is 12.7. The van der Waals surface area contributed by atoms with Crippen LogP contribution in [0.1, 0.15) is 27.8 Å². The first-order chi connectivity index (χ1) is 23.4. The van der Waals surface area contributed by atoms with Gasteiger partial charge in [0.1, 0.15) is 11.5 Å². The van der Waals surface area contributed by atoms with Crippen molar-refractivity contribution < 1.29 is 23.9 Å². The molecular formula is C42H33NO5. The number of ketones is 1. The van der Waals surface area contributed by atoms with Crippen LogP contribution in [0, 0.1) is 18.8 Å². The van der Waals surface area contributed by atoms with Crippen LogP contribution in [-0.2, 0) is 25.2 Å². The molecule has 6 nitrogen and oxygen atoms in total. The van der Waals surface area contributed by atoms with Crippen LogP contribution in [0.4, 0.5) is 5.69 Å². The molecule has 0 unspecified atom stereocenters. The molecular weight excluding hydrogens is 598 g/mol. The second kappa shape index (κ2) is 10.9. The summed E-state index contributed by atoms with van der Waals surface area (Å²) in [6, 6.07) is 41.7. The van der Waals surface area contributed by atoms with Crippen molar-refractivity contribution in [2.75, 3.05) is 19.1 Å². The van der Waals surface area contributed by atoms with Crippen molar-refractivity contribution in [2.45, 2.75) is 17.8 Å². The first kappa shape index (κ1) is 29.6. The number of Topliss-reactive ketones (excluding diaryl/α,β-unsaturated/α-hetero) is 1. The van der Waals surface area contributed by atoms with Crippen molar-refractivity contribution in [2.24, 2.45) is 11.8 Å². The summed E-state index contributed by atoms with van der Waals surface area (Å²) in [7, 11) is 3.22. The molecule has 0 spiro atoms. The van der Waals surface area contributed by atoms with E-state index < -0.39 is 22.7 Å². The molecule has 1 saturated heterocycles. The van der Waals surface area contributed by atoms with E-state index in [1.807, 2.05) is 140 Å².